The van der Waals surface area contributed by atoms with Gasteiger partial charge in [-0.05, 0) is 96.4 Å². The van der Waals surface area contributed by atoms with Crippen LogP contribution in [-0.4, -0.2) is 18.0 Å². The molecule has 3 aromatic heterocycles. The van der Waals surface area contributed by atoms with Crippen LogP contribution < -0.4 is 5.19 Å². The van der Waals surface area contributed by atoms with Crippen molar-refractivity contribution < 1.29 is 24.5 Å². The van der Waals surface area contributed by atoms with Gasteiger partial charge in [0.2, 0.25) is 0 Å². The fraction of sp³-hybridized carbons (Fsp3) is 0.245. The SMILES string of the molecule is Cc1cc(-c2[c-]ccc3c2CCCC3)ncc1[Si](C)(C)C.[Ir].[c-]1ccc2c(oc3cc(-c4ccc(Cc5ccccc5)cc4)ccc32)c1-c1nccc2c1CCCC2. The molecule has 0 N–H and O–H groups in total. The molecule has 0 spiro atoms. The molecule has 0 bridgehead atoms. The number of aromatic nitrogens is 2. The summed E-state index contributed by atoms with van der Waals surface area (Å²) in [5, 5.41) is 3.73. The Morgan fingerprint density at radius 2 is 1.31 bits per heavy atom. The van der Waals surface area contributed by atoms with Gasteiger partial charge in [0.15, 0.2) is 0 Å². The summed E-state index contributed by atoms with van der Waals surface area (Å²) in [7, 11) is -1.30. The minimum absolute atomic E-state index is 0. The molecule has 8 aromatic rings. The van der Waals surface area contributed by atoms with Crippen LogP contribution in [0.2, 0.25) is 19.6 Å². The average Bonchev–Trinajstić information content (AvgIpc) is 3.62. The summed E-state index contributed by atoms with van der Waals surface area (Å²) in [6, 6.07) is 45.8. The van der Waals surface area contributed by atoms with Crippen molar-refractivity contribution in [2.24, 2.45) is 0 Å². The molecule has 3 nitrogen and oxygen atoms in total. The van der Waals surface area contributed by atoms with Crippen molar-refractivity contribution in [1.82, 2.24) is 9.97 Å². The molecule has 2 aliphatic rings. The van der Waals surface area contributed by atoms with E-state index in [-0.39, 0.29) is 20.1 Å². The maximum Gasteiger partial charge on any atom is 0.121 e. The van der Waals surface area contributed by atoms with Gasteiger partial charge in [0, 0.05) is 37.9 Å². The molecule has 0 atom stereocenters. The van der Waals surface area contributed by atoms with E-state index in [4.69, 9.17) is 14.4 Å². The van der Waals surface area contributed by atoms with Crippen molar-refractivity contribution in [3.05, 3.63) is 173 Å². The van der Waals surface area contributed by atoms with Crippen LogP contribution in [0.3, 0.4) is 0 Å². The number of nitrogens with zero attached hydrogens (tertiary/aromatic N) is 2. The molecule has 5 heteroatoms. The molecule has 0 unspecified atom stereocenters. The predicted octanol–water partition coefficient (Wildman–Crippen LogP) is 12.9. The van der Waals surface area contributed by atoms with Crippen molar-refractivity contribution in [3.63, 3.8) is 0 Å². The number of benzene rings is 5. The van der Waals surface area contributed by atoms with Gasteiger partial charge < -0.3 is 14.4 Å². The van der Waals surface area contributed by atoms with Crippen LogP contribution in [0.15, 0.2) is 126 Å². The summed E-state index contributed by atoms with van der Waals surface area (Å²) < 4.78 is 6.52. The van der Waals surface area contributed by atoms with Crippen molar-refractivity contribution >= 4 is 35.2 Å². The summed E-state index contributed by atoms with van der Waals surface area (Å²) in [5.41, 5.74) is 18.3. The van der Waals surface area contributed by atoms with E-state index < -0.39 is 8.07 Å². The van der Waals surface area contributed by atoms with E-state index in [9.17, 15) is 0 Å². The molecule has 58 heavy (non-hydrogen) atoms. The third kappa shape index (κ3) is 8.18. The summed E-state index contributed by atoms with van der Waals surface area (Å²) in [6.45, 7) is 9.38. The van der Waals surface area contributed by atoms with Gasteiger partial charge >= 0.3 is 0 Å². The molecule has 1 radical (unpaired) electrons. The molecule has 10 rings (SSSR count). The first-order chi connectivity index (χ1) is 27.8. The fourth-order valence-electron chi connectivity index (χ4n) is 9.04. The van der Waals surface area contributed by atoms with E-state index in [1.54, 1.807) is 0 Å². The zero-order chi connectivity index (χ0) is 38.9. The number of pyridine rings is 2. The molecule has 5 aromatic carbocycles. The molecule has 0 aliphatic heterocycles. The monoisotopic (exact) mass is 951 g/mol. The summed E-state index contributed by atoms with van der Waals surface area (Å²) >= 11 is 0. The second-order valence-corrected chi connectivity index (χ2v) is 22.0. The molecule has 0 saturated carbocycles. The maximum atomic E-state index is 6.52. The van der Waals surface area contributed by atoms with Gasteiger partial charge in [0.1, 0.15) is 5.58 Å². The topological polar surface area (TPSA) is 38.9 Å². The van der Waals surface area contributed by atoms with E-state index in [0.717, 1.165) is 63.7 Å². The van der Waals surface area contributed by atoms with Crippen molar-refractivity contribution in [2.75, 3.05) is 0 Å². The molecule has 0 amide bonds. The number of aryl methyl sites for hydroxylation is 3. The van der Waals surface area contributed by atoms with E-state index in [1.807, 2.05) is 12.3 Å². The Hall–Kier alpha value is -4.93. The zero-order valence-electron chi connectivity index (χ0n) is 34.0. The Morgan fingerprint density at radius 1 is 0.638 bits per heavy atom. The molecular formula is C53H50IrN2OSi-2. The summed E-state index contributed by atoms with van der Waals surface area (Å²) in [6.07, 6.45) is 14.7. The van der Waals surface area contributed by atoms with Crippen LogP contribution in [0.5, 0.6) is 0 Å². The van der Waals surface area contributed by atoms with Crippen molar-refractivity contribution in [3.8, 4) is 33.6 Å². The quantitative estimate of drug-likeness (QED) is 0.123. The third-order valence-corrected chi connectivity index (χ3v) is 14.1. The van der Waals surface area contributed by atoms with E-state index in [2.05, 4.69) is 148 Å². The minimum Gasteiger partial charge on any atom is -0.501 e. The van der Waals surface area contributed by atoms with Crippen LogP contribution in [0, 0.1) is 19.1 Å². The van der Waals surface area contributed by atoms with Crippen molar-refractivity contribution in [1.29, 1.82) is 0 Å². The van der Waals surface area contributed by atoms with Gasteiger partial charge in [-0.25, -0.2) is 0 Å². The molecule has 3 heterocycles. The van der Waals surface area contributed by atoms with Crippen LogP contribution in [0.1, 0.15) is 64.6 Å². The predicted molar refractivity (Wildman–Crippen MR) is 240 cm³/mol. The fourth-order valence-corrected chi connectivity index (χ4v) is 10.7. The van der Waals surface area contributed by atoms with Gasteiger partial charge in [-0.1, -0.05) is 139 Å². The first-order valence-electron chi connectivity index (χ1n) is 20.8. The number of rotatable bonds is 6. The zero-order valence-corrected chi connectivity index (χ0v) is 37.4. The number of hydrogen-bond donors (Lipinski definition) is 0. The Balaban J connectivity index is 0.000000183. The Bertz CT molecular complexity index is 2710. The average molecular weight is 951 g/mol. The van der Waals surface area contributed by atoms with Gasteiger partial charge in [0.05, 0.1) is 13.7 Å². The number of fused-ring (bicyclic) bond motifs is 5. The normalized spacial score (nSPS) is 13.6. The molecular weight excluding hydrogens is 901 g/mol. The number of furan rings is 1. The summed E-state index contributed by atoms with van der Waals surface area (Å²) in [5.74, 6) is 0. The molecule has 293 valence electrons. The largest absolute Gasteiger partial charge is 0.501 e. The van der Waals surface area contributed by atoms with Crippen LogP contribution >= 0.6 is 0 Å². The van der Waals surface area contributed by atoms with E-state index in [1.165, 1.54) is 93.8 Å². The first-order valence-corrected chi connectivity index (χ1v) is 24.3. The minimum atomic E-state index is -1.30. The van der Waals surface area contributed by atoms with Crippen LogP contribution in [0.25, 0.3) is 55.6 Å². The van der Waals surface area contributed by atoms with Crippen LogP contribution in [0.4, 0.5) is 0 Å². The van der Waals surface area contributed by atoms with Gasteiger partial charge in [-0.3, -0.25) is 0 Å². The standard InChI is InChI=1S/C34H26NO.C19H24NSi.Ir/c1-2-7-23(8-3-1)21-24-13-15-25(16-14-24)27-17-18-29-30-11-6-12-31(34(30)36-32(29)22-27)33-28-10-5-4-9-26(28)19-20-35-33;1-14-12-18(20-13-19(14)21(2,3)4)17-11-7-9-15-8-5-6-10-16(15)17;/h1-3,6-8,11,13-20,22H,4-5,9-10,21H2;7,9,12-13H,5-6,8,10H2,1-4H3;/q2*-1;. The Kier molecular flexibility index (Phi) is 11.8. The van der Waals surface area contributed by atoms with Crippen LogP contribution in [-0.2, 0) is 52.2 Å². The first kappa shape index (κ1) is 39.9. The third-order valence-electron chi connectivity index (χ3n) is 12.0. The summed E-state index contributed by atoms with van der Waals surface area (Å²) in [4.78, 5) is 9.58. The molecule has 0 saturated heterocycles. The second kappa shape index (κ2) is 17.1. The maximum absolute atomic E-state index is 6.52. The van der Waals surface area contributed by atoms with E-state index in [0.29, 0.717) is 0 Å². The van der Waals surface area contributed by atoms with Crippen molar-refractivity contribution in [2.45, 2.75) is 84.4 Å². The van der Waals surface area contributed by atoms with Gasteiger partial charge in [0.25, 0.3) is 0 Å². The van der Waals surface area contributed by atoms with Gasteiger partial charge in [-0.2, -0.15) is 0 Å². The smallest absolute Gasteiger partial charge is 0.121 e. The van der Waals surface area contributed by atoms with Gasteiger partial charge in [-0.15, -0.1) is 53.1 Å². The molecule has 2 aliphatic carbocycles. The Labute approximate surface area is 358 Å². The Morgan fingerprint density at radius 3 is 2.07 bits per heavy atom. The van der Waals surface area contributed by atoms with E-state index >= 15 is 0 Å². The molecule has 0 fully saturated rings. The second-order valence-electron chi connectivity index (χ2n) is 17.0. The number of hydrogen-bond acceptors (Lipinski definition) is 3.